The van der Waals surface area contributed by atoms with Gasteiger partial charge in [-0.3, -0.25) is 4.79 Å². The Morgan fingerprint density at radius 2 is 2.00 bits per heavy atom. The highest BCUT2D eigenvalue weighted by atomic mass is 32.2. The average molecular weight is 176 g/mol. The Labute approximate surface area is 72.4 Å². The first-order chi connectivity index (χ1) is 5.06. The van der Waals surface area contributed by atoms with E-state index in [1.165, 1.54) is 0 Å². The highest BCUT2D eigenvalue weighted by molar-refractivity contribution is 8.00. The highest BCUT2D eigenvalue weighted by Crippen LogP contribution is 2.21. The number of rotatable bonds is 5. The maximum Gasteiger partial charge on any atom is 0.304 e. The quantitative estimate of drug-likeness (QED) is 0.698. The van der Waals surface area contributed by atoms with Gasteiger partial charge in [0.25, 0.3) is 0 Å². The number of hydrogen-bond acceptors (Lipinski definition) is 2. The molecule has 0 aromatic heterocycles. The minimum atomic E-state index is -0.701. The van der Waals surface area contributed by atoms with Crippen LogP contribution in [0.3, 0.4) is 0 Å². The topological polar surface area (TPSA) is 37.3 Å². The van der Waals surface area contributed by atoms with Crippen LogP contribution in [0.4, 0.5) is 0 Å². The molecule has 0 spiro atoms. The van der Waals surface area contributed by atoms with Gasteiger partial charge in [0, 0.05) is 10.5 Å². The molecule has 0 aromatic carbocycles. The van der Waals surface area contributed by atoms with Gasteiger partial charge in [0.05, 0.1) is 6.42 Å². The van der Waals surface area contributed by atoms with Crippen molar-refractivity contribution in [2.45, 2.75) is 44.1 Å². The van der Waals surface area contributed by atoms with Crippen molar-refractivity contribution in [2.24, 2.45) is 0 Å². The van der Waals surface area contributed by atoms with E-state index in [1.54, 1.807) is 11.8 Å². The lowest BCUT2D eigenvalue weighted by molar-refractivity contribution is -0.136. The van der Waals surface area contributed by atoms with Crippen LogP contribution in [0.2, 0.25) is 0 Å². The van der Waals surface area contributed by atoms with E-state index in [0.717, 1.165) is 6.42 Å². The van der Waals surface area contributed by atoms with Gasteiger partial charge in [0.1, 0.15) is 0 Å². The molecule has 0 aliphatic rings. The van der Waals surface area contributed by atoms with Gasteiger partial charge in [-0.1, -0.05) is 20.8 Å². The molecule has 1 N–H and O–H groups in total. The van der Waals surface area contributed by atoms with Crippen LogP contribution in [0.25, 0.3) is 0 Å². The molecule has 2 nitrogen and oxygen atoms in total. The molecule has 0 aliphatic carbocycles. The van der Waals surface area contributed by atoms with E-state index in [1.807, 2.05) is 6.92 Å². The molecule has 3 heteroatoms. The number of hydrogen-bond donors (Lipinski definition) is 1. The Kier molecular flexibility index (Phi) is 5.38. The van der Waals surface area contributed by atoms with Crippen molar-refractivity contribution in [3.63, 3.8) is 0 Å². The van der Waals surface area contributed by atoms with Gasteiger partial charge in [-0.15, -0.1) is 0 Å². The summed E-state index contributed by atoms with van der Waals surface area (Å²) in [5.74, 6) is -0.701. The lowest BCUT2D eigenvalue weighted by Gasteiger charge is -2.13. The fourth-order valence-corrected chi connectivity index (χ4v) is 2.01. The summed E-state index contributed by atoms with van der Waals surface area (Å²) in [6.45, 7) is 6.21. The SMILES string of the molecule is CCC(C)SC(C)CC(=O)O. The lowest BCUT2D eigenvalue weighted by Crippen LogP contribution is -2.09. The zero-order chi connectivity index (χ0) is 8.85. The third-order valence-electron chi connectivity index (χ3n) is 1.50. The molecule has 0 amide bonds. The second kappa shape index (κ2) is 5.47. The third-order valence-corrected chi connectivity index (χ3v) is 2.93. The smallest absolute Gasteiger partial charge is 0.304 e. The van der Waals surface area contributed by atoms with Crippen LogP contribution in [0.15, 0.2) is 0 Å². The van der Waals surface area contributed by atoms with Gasteiger partial charge >= 0.3 is 5.97 Å². The van der Waals surface area contributed by atoms with Crippen LogP contribution in [-0.4, -0.2) is 21.6 Å². The minimum absolute atomic E-state index is 0.238. The van der Waals surface area contributed by atoms with Crippen molar-refractivity contribution >= 4 is 17.7 Å². The predicted molar refractivity (Wildman–Crippen MR) is 49.1 cm³/mol. The molecule has 0 radical (unpaired) electrons. The maximum atomic E-state index is 10.3. The summed E-state index contributed by atoms with van der Waals surface area (Å²) in [6.07, 6.45) is 1.38. The predicted octanol–water partition coefficient (Wildman–Crippen LogP) is 2.38. The second-order valence-corrected chi connectivity index (χ2v) is 4.65. The zero-order valence-corrected chi connectivity index (χ0v) is 8.15. The number of aliphatic carboxylic acids is 1. The molecule has 0 bridgehead atoms. The molecule has 0 saturated carbocycles. The molecule has 2 unspecified atom stereocenters. The van der Waals surface area contributed by atoms with E-state index in [4.69, 9.17) is 5.11 Å². The first-order valence-corrected chi connectivity index (χ1v) is 4.87. The molecular weight excluding hydrogens is 160 g/mol. The normalized spacial score (nSPS) is 15.9. The number of carboxylic acids is 1. The zero-order valence-electron chi connectivity index (χ0n) is 7.33. The summed E-state index contributed by atoms with van der Waals surface area (Å²) in [7, 11) is 0. The van der Waals surface area contributed by atoms with Crippen molar-refractivity contribution < 1.29 is 9.90 Å². The van der Waals surface area contributed by atoms with Crippen LogP contribution in [0, 0.1) is 0 Å². The Morgan fingerprint density at radius 3 is 2.36 bits per heavy atom. The second-order valence-electron chi connectivity index (χ2n) is 2.76. The van der Waals surface area contributed by atoms with Crippen LogP contribution >= 0.6 is 11.8 Å². The molecule has 0 aliphatic heterocycles. The summed E-state index contributed by atoms with van der Waals surface area (Å²) in [6, 6.07) is 0. The monoisotopic (exact) mass is 176 g/mol. The largest absolute Gasteiger partial charge is 0.481 e. The molecule has 0 heterocycles. The lowest BCUT2D eigenvalue weighted by atomic mass is 10.3. The number of thioether (sulfide) groups is 1. The fraction of sp³-hybridized carbons (Fsp3) is 0.875. The van der Waals surface area contributed by atoms with Crippen molar-refractivity contribution in [2.75, 3.05) is 0 Å². The summed E-state index contributed by atoms with van der Waals surface area (Å²) < 4.78 is 0. The third kappa shape index (κ3) is 6.23. The van der Waals surface area contributed by atoms with E-state index >= 15 is 0 Å². The van der Waals surface area contributed by atoms with Gasteiger partial charge < -0.3 is 5.11 Å². The molecule has 2 atom stereocenters. The fourth-order valence-electron chi connectivity index (χ4n) is 0.787. The van der Waals surface area contributed by atoms with Crippen molar-refractivity contribution in [1.82, 2.24) is 0 Å². The first-order valence-electron chi connectivity index (χ1n) is 3.93. The summed E-state index contributed by atoms with van der Waals surface area (Å²) >= 11 is 1.75. The summed E-state index contributed by atoms with van der Waals surface area (Å²) in [4.78, 5) is 10.3. The van der Waals surface area contributed by atoms with Crippen LogP contribution in [0.1, 0.15) is 33.6 Å². The van der Waals surface area contributed by atoms with E-state index in [9.17, 15) is 4.79 Å². The average Bonchev–Trinajstić information content (AvgIpc) is 1.85. The summed E-state index contributed by atoms with van der Waals surface area (Å²) in [5, 5.41) is 9.27. The molecule has 0 rings (SSSR count). The van der Waals surface area contributed by atoms with Crippen molar-refractivity contribution in [3.8, 4) is 0 Å². The molecular formula is C8H16O2S. The van der Waals surface area contributed by atoms with Gasteiger partial charge in [0.15, 0.2) is 0 Å². The highest BCUT2D eigenvalue weighted by Gasteiger charge is 2.10. The summed E-state index contributed by atoms with van der Waals surface area (Å²) in [5.41, 5.74) is 0. The Bertz CT molecular complexity index is 125. The van der Waals surface area contributed by atoms with Gasteiger partial charge in [0.2, 0.25) is 0 Å². The van der Waals surface area contributed by atoms with Crippen molar-refractivity contribution in [3.05, 3.63) is 0 Å². The van der Waals surface area contributed by atoms with Gasteiger partial charge in [-0.05, 0) is 6.42 Å². The first kappa shape index (κ1) is 10.8. The molecule has 0 saturated heterocycles. The van der Waals surface area contributed by atoms with Crippen molar-refractivity contribution in [1.29, 1.82) is 0 Å². The van der Waals surface area contributed by atoms with Gasteiger partial charge in [-0.25, -0.2) is 0 Å². The Hall–Kier alpha value is -0.180. The molecule has 0 fully saturated rings. The van der Waals surface area contributed by atoms with E-state index in [2.05, 4.69) is 13.8 Å². The molecule has 66 valence electrons. The Balaban J connectivity index is 3.51. The van der Waals surface area contributed by atoms with E-state index < -0.39 is 5.97 Å². The minimum Gasteiger partial charge on any atom is -0.481 e. The van der Waals surface area contributed by atoms with E-state index in [-0.39, 0.29) is 11.7 Å². The standard InChI is InChI=1S/C8H16O2S/c1-4-6(2)11-7(3)5-8(9)10/h6-7H,4-5H2,1-3H3,(H,9,10). The molecule has 0 aromatic rings. The number of carboxylic acid groups (broad SMARTS) is 1. The Morgan fingerprint density at radius 1 is 1.45 bits per heavy atom. The molecule has 11 heavy (non-hydrogen) atoms. The van der Waals surface area contributed by atoms with Crippen LogP contribution in [0.5, 0.6) is 0 Å². The maximum absolute atomic E-state index is 10.3. The van der Waals surface area contributed by atoms with E-state index in [0.29, 0.717) is 5.25 Å². The van der Waals surface area contributed by atoms with Crippen LogP contribution in [-0.2, 0) is 4.79 Å². The van der Waals surface area contributed by atoms with Gasteiger partial charge in [-0.2, -0.15) is 11.8 Å². The van der Waals surface area contributed by atoms with Crippen LogP contribution < -0.4 is 0 Å². The number of carbonyl (C=O) groups is 1.